The van der Waals surface area contributed by atoms with Crippen molar-refractivity contribution in [2.75, 3.05) is 13.6 Å². The van der Waals surface area contributed by atoms with Crippen LogP contribution in [-0.2, 0) is 13.0 Å². The molecule has 27 heavy (non-hydrogen) atoms. The topological polar surface area (TPSA) is 95.3 Å². The van der Waals surface area contributed by atoms with Crippen LogP contribution in [0, 0.1) is 5.82 Å². The Morgan fingerprint density at radius 3 is 2.67 bits per heavy atom. The molecule has 0 saturated carbocycles. The highest BCUT2D eigenvalue weighted by atomic mass is 19.1. The normalized spacial score (nSPS) is 11.6. The number of nitrogens with one attached hydrogen (secondary N) is 3. The van der Waals surface area contributed by atoms with Gasteiger partial charge in [0.1, 0.15) is 5.82 Å². The number of halogens is 1. The summed E-state index contributed by atoms with van der Waals surface area (Å²) in [4.78, 5) is 18.4. The van der Waals surface area contributed by atoms with Crippen molar-refractivity contribution in [1.82, 2.24) is 15.6 Å². The molecular formula is C20H22FN5O. The highest BCUT2D eigenvalue weighted by Gasteiger charge is 2.06. The monoisotopic (exact) mass is 367 g/mol. The molecule has 1 heterocycles. The van der Waals surface area contributed by atoms with Gasteiger partial charge in [-0.25, -0.2) is 4.39 Å². The van der Waals surface area contributed by atoms with Crippen LogP contribution >= 0.6 is 0 Å². The molecule has 7 heteroatoms. The van der Waals surface area contributed by atoms with Crippen molar-refractivity contribution in [1.29, 1.82) is 0 Å². The average molecular weight is 367 g/mol. The Bertz CT molecular complexity index is 962. The number of carbonyl (C=O) groups excluding carboxylic acids is 1. The van der Waals surface area contributed by atoms with Crippen LogP contribution in [0.2, 0.25) is 0 Å². The first-order valence-electron chi connectivity index (χ1n) is 8.65. The summed E-state index contributed by atoms with van der Waals surface area (Å²) in [5.74, 6) is -0.00522. The number of carbonyl (C=O) groups is 1. The van der Waals surface area contributed by atoms with Gasteiger partial charge in [0.15, 0.2) is 5.96 Å². The van der Waals surface area contributed by atoms with Crippen LogP contribution < -0.4 is 16.4 Å². The molecule has 1 aromatic heterocycles. The number of hydrogen-bond acceptors (Lipinski definition) is 2. The molecule has 0 aliphatic heterocycles. The van der Waals surface area contributed by atoms with E-state index in [9.17, 15) is 9.18 Å². The van der Waals surface area contributed by atoms with E-state index < -0.39 is 5.91 Å². The maximum Gasteiger partial charge on any atom is 0.248 e. The summed E-state index contributed by atoms with van der Waals surface area (Å²) < 4.78 is 13.3. The van der Waals surface area contributed by atoms with Crippen LogP contribution in [0.15, 0.2) is 53.7 Å². The number of aromatic amines is 1. The zero-order chi connectivity index (χ0) is 19.2. The molecule has 0 bridgehead atoms. The van der Waals surface area contributed by atoms with E-state index >= 15 is 0 Å². The summed E-state index contributed by atoms with van der Waals surface area (Å²) in [6, 6.07) is 11.9. The number of hydrogen-bond donors (Lipinski definition) is 4. The third kappa shape index (κ3) is 4.63. The number of fused-ring (bicyclic) bond motifs is 1. The molecule has 0 saturated heterocycles. The van der Waals surface area contributed by atoms with Gasteiger partial charge in [0.05, 0.1) is 0 Å². The highest BCUT2D eigenvalue weighted by molar-refractivity contribution is 5.92. The van der Waals surface area contributed by atoms with Crippen molar-refractivity contribution >= 4 is 22.8 Å². The molecule has 1 amide bonds. The first-order chi connectivity index (χ1) is 13.1. The standard InChI is InChI=1S/C20H22FN5O/c1-23-20(26-11-13-2-4-14(5-3-13)19(22)27)24-9-8-15-12-25-18-10-16(21)6-7-17(15)18/h2-7,10,12,25H,8-9,11H2,1H3,(H2,22,27)(H2,23,24,26). The summed E-state index contributed by atoms with van der Waals surface area (Å²) in [7, 11) is 1.71. The van der Waals surface area contributed by atoms with Crippen LogP contribution in [0.25, 0.3) is 10.9 Å². The second-order valence-corrected chi connectivity index (χ2v) is 6.17. The van der Waals surface area contributed by atoms with Gasteiger partial charge in [-0.2, -0.15) is 0 Å². The van der Waals surface area contributed by atoms with E-state index in [4.69, 9.17) is 5.73 Å². The van der Waals surface area contributed by atoms with Gasteiger partial charge in [-0.05, 0) is 47.9 Å². The van der Waals surface area contributed by atoms with Gasteiger partial charge >= 0.3 is 0 Å². The number of H-pyrrole nitrogens is 1. The Kier molecular flexibility index (Phi) is 5.71. The second-order valence-electron chi connectivity index (χ2n) is 6.17. The van der Waals surface area contributed by atoms with Crippen molar-refractivity contribution in [3.05, 3.63) is 71.2 Å². The predicted molar refractivity (Wildman–Crippen MR) is 105 cm³/mol. The van der Waals surface area contributed by atoms with Crippen molar-refractivity contribution in [3.63, 3.8) is 0 Å². The molecule has 3 aromatic rings. The van der Waals surface area contributed by atoms with Gasteiger partial charge in [0.2, 0.25) is 5.91 Å². The van der Waals surface area contributed by atoms with Crippen molar-refractivity contribution < 1.29 is 9.18 Å². The quantitative estimate of drug-likeness (QED) is 0.398. The minimum atomic E-state index is -0.438. The Balaban J connectivity index is 1.51. The number of aromatic nitrogens is 1. The smallest absolute Gasteiger partial charge is 0.248 e. The lowest BCUT2D eigenvalue weighted by Crippen LogP contribution is -2.37. The minimum Gasteiger partial charge on any atom is -0.366 e. The highest BCUT2D eigenvalue weighted by Crippen LogP contribution is 2.19. The number of primary amides is 1. The molecule has 0 aliphatic rings. The van der Waals surface area contributed by atoms with E-state index in [1.807, 2.05) is 18.3 Å². The maximum absolute atomic E-state index is 13.3. The number of nitrogens with zero attached hydrogens (tertiary/aromatic N) is 1. The fraction of sp³-hybridized carbons (Fsp3) is 0.200. The van der Waals surface area contributed by atoms with E-state index in [2.05, 4.69) is 20.6 Å². The molecule has 0 radical (unpaired) electrons. The van der Waals surface area contributed by atoms with Gasteiger partial charge in [0, 0.05) is 42.8 Å². The van der Waals surface area contributed by atoms with Crippen LogP contribution in [0.5, 0.6) is 0 Å². The van der Waals surface area contributed by atoms with E-state index in [-0.39, 0.29) is 5.82 Å². The zero-order valence-corrected chi connectivity index (χ0v) is 15.1. The Hall–Kier alpha value is -3.35. The molecule has 5 N–H and O–H groups in total. The van der Waals surface area contributed by atoms with E-state index in [0.717, 1.165) is 28.5 Å². The molecule has 0 atom stereocenters. The van der Waals surface area contributed by atoms with Crippen LogP contribution in [0.1, 0.15) is 21.5 Å². The lowest BCUT2D eigenvalue weighted by Gasteiger charge is -2.12. The zero-order valence-electron chi connectivity index (χ0n) is 15.1. The third-order valence-electron chi connectivity index (χ3n) is 4.34. The molecule has 0 spiro atoms. The second kappa shape index (κ2) is 8.35. The molecule has 6 nitrogen and oxygen atoms in total. The van der Waals surface area contributed by atoms with Crippen LogP contribution in [0.3, 0.4) is 0 Å². The SMILES string of the molecule is CN=C(NCCc1c[nH]c2cc(F)ccc12)NCc1ccc(C(N)=O)cc1. The third-order valence-corrected chi connectivity index (χ3v) is 4.34. The molecule has 2 aromatic carbocycles. The van der Waals surface area contributed by atoms with Gasteiger partial charge in [-0.15, -0.1) is 0 Å². The summed E-state index contributed by atoms with van der Waals surface area (Å²) >= 11 is 0. The molecule has 0 unspecified atom stereocenters. The number of guanidine groups is 1. The van der Waals surface area contributed by atoms with Gasteiger partial charge < -0.3 is 21.4 Å². The first kappa shape index (κ1) is 18.4. The number of aliphatic imine (C=N–C) groups is 1. The number of nitrogens with two attached hydrogens (primary N) is 1. The Morgan fingerprint density at radius 2 is 1.96 bits per heavy atom. The van der Waals surface area contributed by atoms with Gasteiger partial charge in [-0.3, -0.25) is 9.79 Å². The number of amides is 1. The van der Waals surface area contributed by atoms with E-state index in [1.165, 1.54) is 12.1 Å². The Morgan fingerprint density at radius 1 is 1.19 bits per heavy atom. The van der Waals surface area contributed by atoms with Crippen LogP contribution in [-0.4, -0.2) is 30.4 Å². The molecule has 0 aliphatic carbocycles. The Labute approximate surface area is 156 Å². The van der Waals surface area contributed by atoms with Crippen molar-refractivity contribution in [2.24, 2.45) is 10.7 Å². The number of rotatable bonds is 6. The molecule has 0 fully saturated rings. The van der Waals surface area contributed by atoms with E-state index in [0.29, 0.717) is 24.6 Å². The largest absolute Gasteiger partial charge is 0.366 e. The minimum absolute atomic E-state index is 0.248. The summed E-state index contributed by atoms with van der Waals surface area (Å²) in [5.41, 5.74) is 8.66. The molecule has 140 valence electrons. The number of benzene rings is 2. The fourth-order valence-corrected chi connectivity index (χ4v) is 2.87. The average Bonchev–Trinajstić information content (AvgIpc) is 3.06. The summed E-state index contributed by atoms with van der Waals surface area (Å²) in [5, 5.41) is 7.51. The molecule has 3 rings (SSSR count). The lowest BCUT2D eigenvalue weighted by atomic mass is 10.1. The van der Waals surface area contributed by atoms with Gasteiger partial charge in [-0.1, -0.05) is 12.1 Å². The lowest BCUT2D eigenvalue weighted by molar-refractivity contribution is 0.100. The van der Waals surface area contributed by atoms with Crippen molar-refractivity contribution in [3.8, 4) is 0 Å². The first-order valence-corrected chi connectivity index (χ1v) is 8.65. The summed E-state index contributed by atoms with van der Waals surface area (Å²) in [6.45, 7) is 1.26. The predicted octanol–water partition coefficient (Wildman–Crippen LogP) is 2.31. The fourth-order valence-electron chi connectivity index (χ4n) is 2.87. The maximum atomic E-state index is 13.3. The van der Waals surface area contributed by atoms with Gasteiger partial charge in [0.25, 0.3) is 0 Å². The molecular weight excluding hydrogens is 345 g/mol. The summed E-state index contributed by atoms with van der Waals surface area (Å²) in [6.07, 6.45) is 2.68. The van der Waals surface area contributed by atoms with E-state index in [1.54, 1.807) is 25.2 Å². The van der Waals surface area contributed by atoms with Crippen molar-refractivity contribution in [2.45, 2.75) is 13.0 Å². The van der Waals surface area contributed by atoms with Crippen LogP contribution in [0.4, 0.5) is 4.39 Å².